The van der Waals surface area contributed by atoms with Crippen LogP contribution in [0.15, 0.2) is 5.38 Å². The standard InChI is InChI=1S/C13H22N4O4S2/c1-4-21-13(18)12-14-11(10-22-12)9-16-5-7-17(8-6-16)23(19,20)15(2)3/h10H,4-9H2,1-3H3. The lowest BCUT2D eigenvalue weighted by Crippen LogP contribution is -2.51. The molecule has 10 heteroatoms. The lowest BCUT2D eigenvalue weighted by Gasteiger charge is -2.34. The fourth-order valence-corrected chi connectivity index (χ4v) is 4.03. The highest BCUT2D eigenvalue weighted by molar-refractivity contribution is 7.86. The van der Waals surface area contributed by atoms with Crippen LogP contribution in [0.25, 0.3) is 0 Å². The summed E-state index contributed by atoms with van der Waals surface area (Å²) in [6.07, 6.45) is 0. The van der Waals surface area contributed by atoms with Crippen molar-refractivity contribution in [3.8, 4) is 0 Å². The first-order valence-corrected chi connectivity index (χ1v) is 9.63. The maximum Gasteiger partial charge on any atom is 0.367 e. The zero-order valence-corrected chi connectivity index (χ0v) is 15.2. The zero-order chi connectivity index (χ0) is 17.0. The smallest absolute Gasteiger partial charge is 0.367 e. The van der Waals surface area contributed by atoms with Gasteiger partial charge in [-0.05, 0) is 6.92 Å². The third-order valence-electron chi connectivity index (χ3n) is 3.51. The van der Waals surface area contributed by atoms with E-state index >= 15 is 0 Å². The lowest BCUT2D eigenvalue weighted by atomic mass is 10.3. The molecule has 130 valence electrons. The molecule has 0 aromatic carbocycles. The van der Waals surface area contributed by atoms with Crippen LogP contribution in [0, 0.1) is 0 Å². The molecule has 23 heavy (non-hydrogen) atoms. The second-order valence-electron chi connectivity index (χ2n) is 5.33. The first-order chi connectivity index (χ1) is 10.8. The second kappa shape index (κ2) is 7.67. The van der Waals surface area contributed by atoms with E-state index in [1.807, 2.05) is 5.38 Å². The van der Waals surface area contributed by atoms with Crippen LogP contribution in [0.2, 0.25) is 0 Å². The molecule has 0 bridgehead atoms. The van der Waals surface area contributed by atoms with Crippen LogP contribution in [0.4, 0.5) is 0 Å². The monoisotopic (exact) mass is 362 g/mol. The van der Waals surface area contributed by atoms with Crippen LogP contribution in [-0.2, 0) is 21.5 Å². The van der Waals surface area contributed by atoms with Crippen molar-refractivity contribution in [2.75, 3.05) is 46.9 Å². The predicted molar refractivity (Wildman–Crippen MR) is 87.5 cm³/mol. The Bertz CT molecular complexity index is 636. The van der Waals surface area contributed by atoms with E-state index in [0.717, 1.165) is 5.69 Å². The molecule has 0 aliphatic carbocycles. The molecule has 8 nitrogen and oxygen atoms in total. The van der Waals surface area contributed by atoms with Crippen LogP contribution in [0.1, 0.15) is 22.4 Å². The number of rotatable bonds is 6. The molecule has 1 aromatic rings. The Kier molecular flexibility index (Phi) is 6.09. The molecule has 0 saturated carbocycles. The fourth-order valence-electron chi connectivity index (χ4n) is 2.24. The Morgan fingerprint density at radius 1 is 1.35 bits per heavy atom. The Morgan fingerprint density at radius 2 is 2.00 bits per heavy atom. The Balaban J connectivity index is 1.89. The topological polar surface area (TPSA) is 83.0 Å². The van der Waals surface area contributed by atoms with Crippen molar-refractivity contribution in [1.82, 2.24) is 18.5 Å². The van der Waals surface area contributed by atoms with Gasteiger partial charge < -0.3 is 4.74 Å². The van der Waals surface area contributed by atoms with E-state index < -0.39 is 16.2 Å². The highest BCUT2D eigenvalue weighted by Gasteiger charge is 2.28. The van der Waals surface area contributed by atoms with Gasteiger partial charge in [-0.2, -0.15) is 17.0 Å². The van der Waals surface area contributed by atoms with Crippen molar-refractivity contribution in [1.29, 1.82) is 0 Å². The van der Waals surface area contributed by atoms with Crippen LogP contribution in [-0.4, -0.2) is 79.8 Å². The summed E-state index contributed by atoms with van der Waals surface area (Å²) in [5.74, 6) is -0.398. The van der Waals surface area contributed by atoms with Gasteiger partial charge in [0.15, 0.2) is 0 Å². The van der Waals surface area contributed by atoms with Crippen molar-refractivity contribution in [2.45, 2.75) is 13.5 Å². The number of aromatic nitrogens is 1. The number of carbonyl (C=O) groups excluding carboxylic acids is 1. The fraction of sp³-hybridized carbons (Fsp3) is 0.692. The summed E-state index contributed by atoms with van der Waals surface area (Å²) in [6.45, 7) is 4.87. The molecule has 0 amide bonds. The van der Waals surface area contributed by atoms with E-state index in [1.54, 1.807) is 6.92 Å². The van der Waals surface area contributed by atoms with Gasteiger partial charge in [0, 0.05) is 52.2 Å². The summed E-state index contributed by atoms with van der Waals surface area (Å²) in [5, 5.41) is 2.20. The largest absolute Gasteiger partial charge is 0.461 e. The van der Waals surface area contributed by atoms with E-state index in [-0.39, 0.29) is 0 Å². The van der Waals surface area contributed by atoms with Gasteiger partial charge in [0.25, 0.3) is 10.2 Å². The van der Waals surface area contributed by atoms with Gasteiger partial charge in [-0.1, -0.05) is 0 Å². The van der Waals surface area contributed by atoms with Gasteiger partial charge in [-0.25, -0.2) is 9.78 Å². The third kappa shape index (κ3) is 4.48. The van der Waals surface area contributed by atoms with E-state index in [2.05, 4.69) is 9.88 Å². The molecule has 0 spiro atoms. The summed E-state index contributed by atoms with van der Waals surface area (Å²) in [5.41, 5.74) is 0.807. The van der Waals surface area contributed by atoms with Crippen molar-refractivity contribution in [3.63, 3.8) is 0 Å². The molecule has 1 aliphatic rings. The maximum atomic E-state index is 12.1. The molecule has 2 rings (SSSR count). The summed E-state index contributed by atoms with van der Waals surface area (Å²) < 4.78 is 31.8. The van der Waals surface area contributed by atoms with E-state index in [4.69, 9.17) is 4.74 Å². The molecule has 0 N–H and O–H groups in total. The molecule has 1 saturated heterocycles. The summed E-state index contributed by atoms with van der Waals surface area (Å²) in [6, 6.07) is 0. The number of piperazine rings is 1. The highest BCUT2D eigenvalue weighted by atomic mass is 32.2. The molecular weight excluding hydrogens is 340 g/mol. The van der Waals surface area contributed by atoms with Crippen LogP contribution in [0.5, 0.6) is 0 Å². The van der Waals surface area contributed by atoms with Crippen LogP contribution < -0.4 is 0 Å². The van der Waals surface area contributed by atoms with Gasteiger partial charge in [-0.3, -0.25) is 4.90 Å². The molecular formula is C13H22N4O4S2. The first kappa shape index (κ1) is 18.3. The maximum absolute atomic E-state index is 12.1. The number of ether oxygens (including phenoxy) is 1. The predicted octanol–water partition coefficient (Wildman–Crippen LogP) is 0.244. The number of nitrogens with zero attached hydrogens (tertiary/aromatic N) is 4. The van der Waals surface area contributed by atoms with Crippen molar-refractivity contribution >= 4 is 27.5 Å². The number of hydrogen-bond acceptors (Lipinski definition) is 7. The molecule has 2 heterocycles. The second-order valence-corrected chi connectivity index (χ2v) is 8.33. The average Bonchev–Trinajstić information content (AvgIpc) is 2.96. The normalized spacial score (nSPS) is 17.6. The SMILES string of the molecule is CCOC(=O)c1nc(CN2CCN(S(=O)(=O)N(C)C)CC2)cs1. The quantitative estimate of drug-likeness (QED) is 0.675. The van der Waals surface area contributed by atoms with Gasteiger partial charge >= 0.3 is 5.97 Å². The Labute approximate surface area is 140 Å². The van der Waals surface area contributed by atoms with Crippen LogP contribution >= 0.6 is 11.3 Å². The van der Waals surface area contributed by atoms with Gasteiger partial charge in [0.05, 0.1) is 12.3 Å². The van der Waals surface area contributed by atoms with Crippen molar-refractivity contribution in [2.24, 2.45) is 0 Å². The van der Waals surface area contributed by atoms with Crippen molar-refractivity contribution < 1.29 is 17.9 Å². The van der Waals surface area contributed by atoms with E-state index in [1.165, 1.54) is 34.0 Å². The van der Waals surface area contributed by atoms with E-state index in [0.29, 0.717) is 44.3 Å². The molecule has 0 radical (unpaired) electrons. The molecule has 1 fully saturated rings. The molecule has 1 aromatic heterocycles. The molecule has 1 aliphatic heterocycles. The summed E-state index contributed by atoms with van der Waals surface area (Å²) in [7, 11) is -0.273. The Morgan fingerprint density at radius 3 is 2.57 bits per heavy atom. The average molecular weight is 362 g/mol. The number of thiazole rings is 1. The van der Waals surface area contributed by atoms with Gasteiger partial charge in [-0.15, -0.1) is 11.3 Å². The zero-order valence-electron chi connectivity index (χ0n) is 13.6. The highest BCUT2D eigenvalue weighted by Crippen LogP contribution is 2.15. The first-order valence-electron chi connectivity index (χ1n) is 7.36. The number of esters is 1. The minimum atomic E-state index is -3.34. The number of hydrogen-bond donors (Lipinski definition) is 0. The summed E-state index contributed by atoms with van der Waals surface area (Å²) >= 11 is 1.27. The van der Waals surface area contributed by atoms with E-state index in [9.17, 15) is 13.2 Å². The molecule has 0 atom stereocenters. The minimum Gasteiger partial charge on any atom is -0.461 e. The minimum absolute atomic E-state index is 0.329. The lowest BCUT2D eigenvalue weighted by molar-refractivity contribution is 0.0525. The third-order valence-corrected chi connectivity index (χ3v) is 6.32. The van der Waals surface area contributed by atoms with Crippen molar-refractivity contribution in [3.05, 3.63) is 16.1 Å². The van der Waals surface area contributed by atoms with Gasteiger partial charge in [0.1, 0.15) is 0 Å². The summed E-state index contributed by atoms with van der Waals surface area (Å²) in [4.78, 5) is 18.0. The molecule has 0 unspecified atom stereocenters. The van der Waals surface area contributed by atoms with Crippen LogP contribution in [0.3, 0.4) is 0 Å². The number of carbonyl (C=O) groups is 1. The Hall–Kier alpha value is -1.07. The van der Waals surface area contributed by atoms with Gasteiger partial charge in [0.2, 0.25) is 5.01 Å².